The zero-order valence-corrected chi connectivity index (χ0v) is 16.0. The van der Waals surface area contributed by atoms with E-state index < -0.39 is 0 Å². The lowest BCUT2D eigenvalue weighted by Gasteiger charge is -2.34. The molecule has 1 amide bonds. The molecule has 1 aliphatic heterocycles. The van der Waals surface area contributed by atoms with Gasteiger partial charge in [-0.05, 0) is 30.7 Å². The van der Waals surface area contributed by atoms with Gasteiger partial charge in [-0.2, -0.15) is 0 Å². The van der Waals surface area contributed by atoms with Crippen molar-refractivity contribution in [2.24, 2.45) is 0 Å². The first kappa shape index (κ1) is 19.0. The standard InChI is InChI=1S/C21H27N3OS/c25-21(22-20-10-5-2-6-11-20)26-17-7-12-23-13-15-24(16-14-23)18-19-8-3-1-4-9-19/h1-6,8-11H,7,12-18H2,(H,22,25). The van der Waals surface area contributed by atoms with Crippen molar-refractivity contribution in [3.05, 3.63) is 66.2 Å². The first-order valence-electron chi connectivity index (χ1n) is 9.27. The summed E-state index contributed by atoms with van der Waals surface area (Å²) in [5, 5.41) is 2.94. The molecule has 5 heteroatoms. The summed E-state index contributed by atoms with van der Waals surface area (Å²) in [5.74, 6) is 0.864. The number of benzene rings is 2. The molecule has 0 radical (unpaired) electrons. The van der Waals surface area contributed by atoms with Gasteiger partial charge in [-0.1, -0.05) is 60.3 Å². The lowest BCUT2D eigenvalue weighted by Crippen LogP contribution is -2.46. The van der Waals surface area contributed by atoms with Gasteiger partial charge in [0.2, 0.25) is 0 Å². The average molecular weight is 370 g/mol. The van der Waals surface area contributed by atoms with E-state index in [1.54, 1.807) is 0 Å². The van der Waals surface area contributed by atoms with Gasteiger partial charge in [0.05, 0.1) is 0 Å². The van der Waals surface area contributed by atoms with Crippen LogP contribution in [0.3, 0.4) is 0 Å². The molecule has 1 saturated heterocycles. The Hall–Kier alpha value is -1.82. The summed E-state index contributed by atoms with van der Waals surface area (Å²) in [4.78, 5) is 16.9. The average Bonchev–Trinajstić information content (AvgIpc) is 2.68. The van der Waals surface area contributed by atoms with Crippen molar-refractivity contribution in [2.75, 3.05) is 43.8 Å². The predicted molar refractivity (Wildman–Crippen MR) is 111 cm³/mol. The SMILES string of the molecule is O=C(Nc1ccccc1)SCCCN1CCN(Cc2ccccc2)CC1. The third kappa shape index (κ3) is 6.48. The fourth-order valence-electron chi connectivity index (χ4n) is 3.14. The molecule has 1 aliphatic rings. The molecule has 1 fully saturated rings. The van der Waals surface area contributed by atoms with Crippen LogP contribution < -0.4 is 5.32 Å². The summed E-state index contributed by atoms with van der Waals surface area (Å²) in [7, 11) is 0. The molecule has 4 nitrogen and oxygen atoms in total. The Labute approximate surface area is 160 Å². The lowest BCUT2D eigenvalue weighted by atomic mass is 10.2. The van der Waals surface area contributed by atoms with Crippen molar-refractivity contribution in [3.63, 3.8) is 0 Å². The largest absolute Gasteiger partial charge is 0.317 e. The number of carbonyl (C=O) groups is 1. The van der Waals surface area contributed by atoms with Gasteiger partial charge >= 0.3 is 0 Å². The van der Waals surface area contributed by atoms with Crippen LogP contribution in [0.15, 0.2) is 60.7 Å². The summed E-state index contributed by atoms with van der Waals surface area (Å²) in [6, 6.07) is 20.3. The highest BCUT2D eigenvalue weighted by atomic mass is 32.2. The van der Waals surface area contributed by atoms with E-state index >= 15 is 0 Å². The number of hydrogen-bond acceptors (Lipinski definition) is 4. The maximum atomic E-state index is 11.9. The molecule has 2 aromatic carbocycles. The van der Waals surface area contributed by atoms with Crippen LogP contribution in [-0.4, -0.2) is 53.5 Å². The Kier molecular flexibility index (Phi) is 7.55. The van der Waals surface area contributed by atoms with E-state index in [-0.39, 0.29) is 5.24 Å². The number of rotatable bonds is 7. The molecule has 0 spiro atoms. The lowest BCUT2D eigenvalue weighted by molar-refractivity contribution is 0.127. The van der Waals surface area contributed by atoms with E-state index in [4.69, 9.17) is 0 Å². The zero-order chi connectivity index (χ0) is 18.0. The molecule has 0 aromatic heterocycles. The Morgan fingerprint density at radius 1 is 0.885 bits per heavy atom. The second-order valence-electron chi connectivity index (χ2n) is 6.58. The molecule has 2 aromatic rings. The van der Waals surface area contributed by atoms with Crippen molar-refractivity contribution in [2.45, 2.75) is 13.0 Å². The van der Waals surface area contributed by atoms with Gasteiger partial charge in [-0.25, -0.2) is 0 Å². The number of hydrogen-bond donors (Lipinski definition) is 1. The van der Waals surface area contributed by atoms with Crippen LogP contribution in [0, 0.1) is 0 Å². The second kappa shape index (κ2) is 10.4. The molecule has 1 N–H and O–H groups in total. The number of thioether (sulfide) groups is 1. The van der Waals surface area contributed by atoms with E-state index in [0.717, 1.165) is 57.1 Å². The van der Waals surface area contributed by atoms with Crippen molar-refractivity contribution in [1.82, 2.24) is 9.80 Å². The molecular formula is C21H27N3OS. The predicted octanol–water partition coefficient (Wildman–Crippen LogP) is 4.16. The molecule has 0 aliphatic carbocycles. The van der Waals surface area contributed by atoms with E-state index in [0.29, 0.717) is 0 Å². The molecule has 0 saturated carbocycles. The molecule has 1 heterocycles. The van der Waals surface area contributed by atoms with E-state index in [9.17, 15) is 4.79 Å². The van der Waals surface area contributed by atoms with Crippen LogP contribution in [0.25, 0.3) is 0 Å². The van der Waals surface area contributed by atoms with Gasteiger partial charge in [0, 0.05) is 44.2 Å². The molecular weight excluding hydrogens is 342 g/mol. The fraction of sp³-hybridized carbons (Fsp3) is 0.381. The first-order valence-corrected chi connectivity index (χ1v) is 10.3. The Morgan fingerprint density at radius 3 is 2.19 bits per heavy atom. The topological polar surface area (TPSA) is 35.6 Å². The van der Waals surface area contributed by atoms with E-state index in [1.165, 1.54) is 17.3 Å². The summed E-state index contributed by atoms with van der Waals surface area (Å²) < 4.78 is 0. The monoisotopic (exact) mass is 369 g/mol. The van der Waals surface area contributed by atoms with Gasteiger partial charge in [0.15, 0.2) is 0 Å². The Morgan fingerprint density at radius 2 is 1.50 bits per heavy atom. The quantitative estimate of drug-likeness (QED) is 0.744. The highest BCUT2D eigenvalue weighted by Crippen LogP contribution is 2.13. The summed E-state index contributed by atoms with van der Waals surface area (Å²) in [6.07, 6.45) is 1.05. The normalized spacial score (nSPS) is 15.7. The molecule has 0 bridgehead atoms. The minimum atomic E-state index is 0.0314. The van der Waals surface area contributed by atoms with Crippen molar-refractivity contribution < 1.29 is 4.79 Å². The van der Waals surface area contributed by atoms with Crippen LogP contribution in [0.1, 0.15) is 12.0 Å². The number of nitrogens with zero attached hydrogens (tertiary/aromatic N) is 2. The van der Waals surface area contributed by atoms with Crippen LogP contribution in [0.5, 0.6) is 0 Å². The van der Waals surface area contributed by atoms with Gasteiger partial charge in [0.1, 0.15) is 0 Å². The van der Waals surface area contributed by atoms with E-state index in [2.05, 4.69) is 45.4 Å². The molecule has 3 rings (SSSR count). The number of amides is 1. The highest BCUT2D eigenvalue weighted by molar-refractivity contribution is 8.13. The smallest absolute Gasteiger partial charge is 0.283 e. The minimum absolute atomic E-state index is 0.0314. The maximum absolute atomic E-state index is 11.9. The van der Waals surface area contributed by atoms with Crippen LogP contribution in [-0.2, 0) is 6.54 Å². The van der Waals surface area contributed by atoms with Crippen molar-refractivity contribution in [3.8, 4) is 0 Å². The highest BCUT2D eigenvalue weighted by Gasteiger charge is 2.16. The molecule has 0 atom stereocenters. The number of carbonyl (C=O) groups excluding carboxylic acids is 1. The van der Waals surface area contributed by atoms with Crippen LogP contribution in [0.2, 0.25) is 0 Å². The van der Waals surface area contributed by atoms with Gasteiger partial charge in [-0.3, -0.25) is 9.69 Å². The van der Waals surface area contributed by atoms with Crippen LogP contribution in [0.4, 0.5) is 10.5 Å². The summed E-state index contributed by atoms with van der Waals surface area (Å²) in [5.41, 5.74) is 2.25. The molecule has 0 unspecified atom stereocenters. The second-order valence-corrected chi connectivity index (χ2v) is 7.65. The minimum Gasteiger partial charge on any atom is -0.317 e. The van der Waals surface area contributed by atoms with E-state index in [1.807, 2.05) is 30.3 Å². The first-order chi connectivity index (χ1) is 12.8. The molecule has 26 heavy (non-hydrogen) atoms. The Bertz CT molecular complexity index is 657. The van der Waals surface area contributed by atoms with Crippen molar-refractivity contribution in [1.29, 1.82) is 0 Å². The third-order valence-corrected chi connectivity index (χ3v) is 5.44. The zero-order valence-electron chi connectivity index (χ0n) is 15.1. The van der Waals surface area contributed by atoms with Crippen LogP contribution >= 0.6 is 11.8 Å². The number of piperazine rings is 1. The third-order valence-electron chi connectivity index (χ3n) is 4.59. The van der Waals surface area contributed by atoms with Gasteiger partial charge in [0.25, 0.3) is 5.24 Å². The number of nitrogens with one attached hydrogen (secondary N) is 1. The van der Waals surface area contributed by atoms with Crippen molar-refractivity contribution >= 4 is 22.7 Å². The van der Waals surface area contributed by atoms with Gasteiger partial charge < -0.3 is 10.2 Å². The number of para-hydroxylation sites is 1. The summed E-state index contributed by atoms with van der Waals surface area (Å²) in [6.45, 7) is 6.60. The fourth-order valence-corrected chi connectivity index (χ4v) is 3.79. The molecule has 138 valence electrons. The summed E-state index contributed by atoms with van der Waals surface area (Å²) >= 11 is 1.38. The Balaban J connectivity index is 1.26. The number of anilines is 1. The maximum Gasteiger partial charge on any atom is 0.283 e. The van der Waals surface area contributed by atoms with Gasteiger partial charge in [-0.15, -0.1) is 0 Å².